The molecular weight excluding hydrogens is 286 g/mol. The van der Waals surface area contributed by atoms with E-state index < -0.39 is 53.4 Å². The zero-order valence-corrected chi connectivity index (χ0v) is 10.9. The molecule has 0 rings (SSSR count). The third kappa shape index (κ3) is 4.91. The van der Waals surface area contributed by atoms with Crippen LogP contribution in [-0.4, -0.2) is 91.8 Å². The van der Waals surface area contributed by atoms with Crippen molar-refractivity contribution < 1.29 is 43.6 Å². The standard InChI is InChI=1S/C8H19NO9S/c1-4(19(16,17)18)9(5(2-10)7(12)13)6(3-11)8(14)15/h4-8,10-15H,2-3H2,1H3,(H,16,17,18). The zero-order valence-electron chi connectivity index (χ0n) is 10.1. The van der Waals surface area contributed by atoms with Crippen LogP contribution < -0.4 is 0 Å². The van der Waals surface area contributed by atoms with Crippen molar-refractivity contribution in [1.82, 2.24) is 4.90 Å². The van der Waals surface area contributed by atoms with Gasteiger partial charge in [-0.3, -0.25) is 9.45 Å². The lowest BCUT2D eigenvalue weighted by molar-refractivity contribution is -0.170. The summed E-state index contributed by atoms with van der Waals surface area (Å²) < 4.78 is 31.1. The second-order valence-corrected chi connectivity index (χ2v) is 5.60. The smallest absolute Gasteiger partial charge is 0.281 e. The molecule has 0 aliphatic heterocycles. The van der Waals surface area contributed by atoms with E-state index in [-0.39, 0.29) is 0 Å². The van der Waals surface area contributed by atoms with Crippen LogP contribution in [-0.2, 0) is 10.1 Å². The van der Waals surface area contributed by atoms with Crippen molar-refractivity contribution in [3.63, 3.8) is 0 Å². The number of aliphatic hydroxyl groups is 6. The summed E-state index contributed by atoms with van der Waals surface area (Å²) in [4.78, 5) is 0.505. The van der Waals surface area contributed by atoms with Crippen molar-refractivity contribution in [2.75, 3.05) is 13.2 Å². The molecule has 0 aliphatic carbocycles. The lowest BCUT2D eigenvalue weighted by Gasteiger charge is -2.40. The summed E-state index contributed by atoms with van der Waals surface area (Å²) in [6.07, 6.45) is -4.47. The lowest BCUT2D eigenvalue weighted by atomic mass is 10.1. The van der Waals surface area contributed by atoms with Crippen LogP contribution in [0.3, 0.4) is 0 Å². The fourth-order valence-corrected chi connectivity index (χ4v) is 2.24. The van der Waals surface area contributed by atoms with Crippen LogP contribution in [0, 0.1) is 0 Å². The van der Waals surface area contributed by atoms with Gasteiger partial charge in [0.25, 0.3) is 10.1 Å². The van der Waals surface area contributed by atoms with Gasteiger partial charge >= 0.3 is 0 Å². The molecule has 0 heterocycles. The van der Waals surface area contributed by atoms with E-state index in [4.69, 9.17) is 35.2 Å². The Hall–Kier alpha value is -0.370. The van der Waals surface area contributed by atoms with Crippen molar-refractivity contribution in [3.05, 3.63) is 0 Å². The highest BCUT2D eigenvalue weighted by Crippen LogP contribution is 2.18. The maximum atomic E-state index is 11.1. The Morgan fingerprint density at radius 1 is 0.947 bits per heavy atom. The van der Waals surface area contributed by atoms with Gasteiger partial charge in [-0.2, -0.15) is 8.42 Å². The predicted octanol–water partition coefficient (Wildman–Crippen LogP) is -4.13. The molecule has 11 heteroatoms. The second-order valence-electron chi connectivity index (χ2n) is 3.89. The monoisotopic (exact) mass is 305 g/mol. The molecule has 0 radical (unpaired) electrons. The molecule has 0 bridgehead atoms. The topological polar surface area (TPSA) is 179 Å². The van der Waals surface area contributed by atoms with Gasteiger partial charge in [-0.25, -0.2) is 0 Å². The number of hydrogen-bond donors (Lipinski definition) is 7. The first-order chi connectivity index (χ1) is 8.57. The highest BCUT2D eigenvalue weighted by Gasteiger charge is 2.41. The largest absolute Gasteiger partial charge is 0.395 e. The van der Waals surface area contributed by atoms with Crippen LogP contribution in [0.5, 0.6) is 0 Å². The van der Waals surface area contributed by atoms with Gasteiger partial charge in [-0.05, 0) is 6.92 Å². The summed E-state index contributed by atoms with van der Waals surface area (Å²) in [5, 5.41) is 52.5. The average molecular weight is 305 g/mol. The first-order valence-corrected chi connectivity index (χ1v) is 6.76. The molecule has 7 N–H and O–H groups in total. The summed E-state index contributed by atoms with van der Waals surface area (Å²) in [5.41, 5.74) is 0. The van der Waals surface area contributed by atoms with Crippen LogP contribution in [0.2, 0.25) is 0 Å². The normalized spacial score (nSPS) is 18.1. The van der Waals surface area contributed by atoms with Crippen molar-refractivity contribution in [2.45, 2.75) is 37.0 Å². The Labute approximate surface area is 109 Å². The van der Waals surface area contributed by atoms with E-state index in [2.05, 4.69) is 0 Å². The third-order valence-electron chi connectivity index (χ3n) is 2.68. The highest BCUT2D eigenvalue weighted by molar-refractivity contribution is 7.86. The van der Waals surface area contributed by atoms with Crippen LogP contribution in [0.4, 0.5) is 0 Å². The molecule has 0 aromatic rings. The molecule has 0 fully saturated rings. The number of nitrogens with zero attached hydrogens (tertiary/aromatic N) is 1. The molecule has 0 saturated carbocycles. The Morgan fingerprint density at radius 2 is 1.26 bits per heavy atom. The first kappa shape index (κ1) is 18.6. The van der Waals surface area contributed by atoms with Gasteiger partial charge in [0, 0.05) is 0 Å². The summed E-state index contributed by atoms with van der Waals surface area (Å²) in [7, 11) is -4.72. The van der Waals surface area contributed by atoms with Gasteiger partial charge in [-0.1, -0.05) is 0 Å². The molecule has 3 unspecified atom stereocenters. The summed E-state index contributed by atoms with van der Waals surface area (Å²) in [6, 6.07) is -3.31. The van der Waals surface area contributed by atoms with Gasteiger partial charge in [0.05, 0.1) is 25.3 Å². The molecule has 19 heavy (non-hydrogen) atoms. The molecule has 3 atom stereocenters. The maximum absolute atomic E-state index is 11.1. The maximum Gasteiger partial charge on any atom is 0.281 e. The summed E-state index contributed by atoms with van der Waals surface area (Å²) in [6.45, 7) is -0.993. The number of aliphatic hydroxyl groups excluding tert-OH is 4. The lowest BCUT2D eigenvalue weighted by Crippen LogP contribution is -2.61. The summed E-state index contributed by atoms with van der Waals surface area (Å²) >= 11 is 0. The molecule has 0 amide bonds. The van der Waals surface area contributed by atoms with E-state index in [1.807, 2.05) is 0 Å². The molecule has 0 spiro atoms. The van der Waals surface area contributed by atoms with Gasteiger partial charge in [0.1, 0.15) is 5.37 Å². The Bertz CT molecular complexity index is 341. The fraction of sp³-hybridized carbons (Fsp3) is 1.00. The first-order valence-electron chi connectivity index (χ1n) is 5.25. The van der Waals surface area contributed by atoms with Gasteiger partial charge in [0.2, 0.25) is 0 Å². The Balaban J connectivity index is 5.59. The van der Waals surface area contributed by atoms with E-state index in [1.165, 1.54) is 0 Å². The van der Waals surface area contributed by atoms with E-state index in [1.54, 1.807) is 0 Å². The van der Waals surface area contributed by atoms with Gasteiger partial charge < -0.3 is 30.6 Å². The molecule has 0 saturated heterocycles. The zero-order chi connectivity index (χ0) is 15.4. The molecule has 0 aliphatic rings. The minimum atomic E-state index is -4.72. The molecule has 0 aromatic heterocycles. The van der Waals surface area contributed by atoms with Crippen LogP contribution in [0.25, 0.3) is 0 Å². The van der Waals surface area contributed by atoms with E-state index >= 15 is 0 Å². The SMILES string of the molecule is CC(N(C(CO)C(O)O)C(CO)C(O)O)S(=O)(=O)O. The third-order valence-corrected chi connectivity index (χ3v) is 3.78. The van der Waals surface area contributed by atoms with E-state index in [9.17, 15) is 8.42 Å². The molecule has 0 aromatic carbocycles. The molecule has 116 valence electrons. The van der Waals surface area contributed by atoms with Crippen molar-refractivity contribution in [2.24, 2.45) is 0 Å². The van der Waals surface area contributed by atoms with E-state index in [0.717, 1.165) is 6.92 Å². The fourth-order valence-electron chi connectivity index (χ4n) is 1.62. The Morgan fingerprint density at radius 3 is 1.42 bits per heavy atom. The number of rotatable bonds is 8. The van der Waals surface area contributed by atoms with Crippen LogP contribution in [0.1, 0.15) is 6.92 Å². The van der Waals surface area contributed by atoms with E-state index in [0.29, 0.717) is 4.90 Å². The average Bonchev–Trinajstić information content (AvgIpc) is 2.25. The second kappa shape index (κ2) is 7.42. The van der Waals surface area contributed by atoms with Crippen molar-refractivity contribution in [1.29, 1.82) is 0 Å². The quantitative estimate of drug-likeness (QED) is 0.172. The van der Waals surface area contributed by atoms with Crippen LogP contribution in [0.15, 0.2) is 0 Å². The molecule has 10 nitrogen and oxygen atoms in total. The number of hydrogen-bond acceptors (Lipinski definition) is 9. The van der Waals surface area contributed by atoms with Gasteiger partial charge in [-0.15, -0.1) is 0 Å². The summed E-state index contributed by atoms with van der Waals surface area (Å²) in [5.74, 6) is 0. The molecular formula is C8H19NO9S. The highest BCUT2D eigenvalue weighted by atomic mass is 32.2. The van der Waals surface area contributed by atoms with Crippen LogP contribution >= 0.6 is 0 Å². The Kier molecular flexibility index (Phi) is 7.28. The predicted molar refractivity (Wildman–Crippen MR) is 61.0 cm³/mol. The van der Waals surface area contributed by atoms with Crippen molar-refractivity contribution in [3.8, 4) is 0 Å². The van der Waals surface area contributed by atoms with Crippen molar-refractivity contribution >= 4 is 10.1 Å². The minimum Gasteiger partial charge on any atom is -0.395 e. The minimum absolute atomic E-state index is 0.505. The van der Waals surface area contributed by atoms with Gasteiger partial charge in [0.15, 0.2) is 12.6 Å².